The SMILES string of the molecule is CCOc1ccc(N(CC(=O)NCCOc2ccc(C)c(C)c2)S(=O)(=O)c2ccc(OC)c(OC)c2)cc1. The van der Waals surface area contributed by atoms with Gasteiger partial charge in [-0.3, -0.25) is 9.10 Å². The monoisotopic (exact) mass is 542 g/mol. The molecule has 0 atom stereocenters. The molecule has 0 saturated carbocycles. The molecular formula is C28H34N2O7S. The van der Waals surface area contributed by atoms with Crippen LogP contribution in [-0.4, -0.2) is 54.8 Å². The molecule has 9 nitrogen and oxygen atoms in total. The largest absolute Gasteiger partial charge is 0.494 e. The molecule has 0 aliphatic rings. The predicted molar refractivity (Wildman–Crippen MR) is 146 cm³/mol. The Bertz CT molecular complexity index is 1340. The van der Waals surface area contributed by atoms with E-state index >= 15 is 0 Å². The second kappa shape index (κ2) is 13.0. The van der Waals surface area contributed by atoms with Gasteiger partial charge in [-0.05, 0) is 80.4 Å². The van der Waals surface area contributed by atoms with Crippen molar-refractivity contribution < 1.29 is 32.2 Å². The van der Waals surface area contributed by atoms with Gasteiger partial charge >= 0.3 is 0 Å². The lowest BCUT2D eigenvalue weighted by Crippen LogP contribution is -2.41. The summed E-state index contributed by atoms with van der Waals surface area (Å²) in [4.78, 5) is 12.8. The molecule has 204 valence electrons. The molecule has 3 aromatic carbocycles. The number of ether oxygens (including phenoxy) is 4. The Kier molecular flexibility index (Phi) is 9.84. The van der Waals surface area contributed by atoms with Gasteiger partial charge in [-0.2, -0.15) is 0 Å². The van der Waals surface area contributed by atoms with Gasteiger partial charge in [0.05, 0.1) is 38.0 Å². The average molecular weight is 543 g/mol. The molecule has 3 aromatic rings. The Balaban J connectivity index is 1.78. The molecule has 3 rings (SSSR count). The maximum atomic E-state index is 13.7. The minimum absolute atomic E-state index is 0.0464. The van der Waals surface area contributed by atoms with Crippen molar-refractivity contribution in [2.75, 3.05) is 44.8 Å². The summed E-state index contributed by atoms with van der Waals surface area (Å²) in [5.41, 5.74) is 2.58. The lowest BCUT2D eigenvalue weighted by Gasteiger charge is -2.24. The molecule has 0 aliphatic carbocycles. The second-order valence-electron chi connectivity index (χ2n) is 8.40. The summed E-state index contributed by atoms with van der Waals surface area (Å²) in [5, 5.41) is 2.74. The Morgan fingerprint density at radius 2 is 1.53 bits per heavy atom. The lowest BCUT2D eigenvalue weighted by atomic mass is 10.1. The van der Waals surface area contributed by atoms with Crippen LogP contribution in [0.15, 0.2) is 65.6 Å². The first-order valence-electron chi connectivity index (χ1n) is 12.1. The smallest absolute Gasteiger partial charge is 0.264 e. The molecule has 0 heterocycles. The van der Waals surface area contributed by atoms with Crippen molar-refractivity contribution in [3.63, 3.8) is 0 Å². The van der Waals surface area contributed by atoms with E-state index in [4.69, 9.17) is 18.9 Å². The van der Waals surface area contributed by atoms with E-state index in [0.717, 1.165) is 15.4 Å². The molecular weight excluding hydrogens is 508 g/mol. The number of carbonyl (C=O) groups is 1. The number of aryl methyl sites for hydroxylation is 2. The number of carbonyl (C=O) groups excluding carboxylic acids is 1. The number of amides is 1. The van der Waals surface area contributed by atoms with Crippen LogP contribution in [0.5, 0.6) is 23.0 Å². The van der Waals surface area contributed by atoms with Gasteiger partial charge in [0.2, 0.25) is 5.91 Å². The van der Waals surface area contributed by atoms with Crippen LogP contribution in [0, 0.1) is 13.8 Å². The predicted octanol–water partition coefficient (Wildman–Crippen LogP) is 4.11. The van der Waals surface area contributed by atoms with Gasteiger partial charge in [0, 0.05) is 6.07 Å². The van der Waals surface area contributed by atoms with E-state index in [0.29, 0.717) is 29.5 Å². The summed E-state index contributed by atoms with van der Waals surface area (Å²) in [7, 11) is -1.26. The van der Waals surface area contributed by atoms with Crippen LogP contribution in [0.2, 0.25) is 0 Å². The number of anilines is 1. The van der Waals surface area contributed by atoms with E-state index in [9.17, 15) is 13.2 Å². The number of hydrogen-bond acceptors (Lipinski definition) is 7. The molecule has 1 amide bonds. The van der Waals surface area contributed by atoms with Gasteiger partial charge in [0.15, 0.2) is 11.5 Å². The third-order valence-corrected chi connectivity index (χ3v) is 7.61. The van der Waals surface area contributed by atoms with Crippen molar-refractivity contribution in [1.29, 1.82) is 0 Å². The first kappa shape index (κ1) is 28.6. The summed E-state index contributed by atoms with van der Waals surface area (Å²) in [6, 6.07) is 16.6. The van der Waals surface area contributed by atoms with E-state index in [1.54, 1.807) is 24.3 Å². The molecule has 0 aliphatic heterocycles. The first-order chi connectivity index (χ1) is 18.2. The summed E-state index contributed by atoms with van der Waals surface area (Å²) in [5.74, 6) is 1.46. The molecule has 0 spiro atoms. The Hall–Kier alpha value is -3.92. The van der Waals surface area contributed by atoms with Gasteiger partial charge in [0.25, 0.3) is 10.0 Å². The van der Waals surface area contributed by atoms with Gasteiger partial charge < -0.3 is 24.3 Å². The second-order valence-corrected chi connectivity index (χ2v) is 10.3. The number of sulfonamides is 1. The van der Waals surface area contributed by atoms with E-state index < -0.39 is 22.5 Å². The Morgan fingerprint density at radius 1 is 0.842 bits per heavy atom. The highest BCUT2D eigenvalue weighted by molar-refractivity contribution is 7.92. The maximum Gasteiger partial charge on any atom is 0.264 e. The maximum absolute atomic E-state index is 13.7. The van der Waals surface area contributed by atoms with Crippen LogP contribution in [-0.2, 0) is 14.8 Å². The number of rotatable bonds is 13. The molecule has 0 fully saturated rings. The van der Waals surface area contributed by atoms with Gasteiger partial charge in [-0.1, -0.05) is 6.07 Å². The minimum Gasteiger partial charge on any atom is -0.494 e. The molecule has 0 aromatic heterocycles. The van der Waals surface area contributed by atoms with Gasteiger partial charge in [-0.25, -0.2) is 8.42 Å². The number of nitrogens with one attached hydrogen (secondary N) is 1. The van der Waals surface area contributed by atoms with Crippen molar-refractivity contribution in [3.05, 3.63) is 71.8 Å². The van der Waals surface area contributed by atoms with Crippen molar-refractivity contribution in [1.82, 2.24) is 5.32 Å². The molecule has 1 N–H and O–H groups in total. The van der Waals surface area contributed by atoms with Crippen LogP contribution in [0.4, 0.5) is 5.69 Å². The van der Waals surface area contributed by atoms with Crippen LogP contribution in [0.3, 0.4) is 0 Å². The van der Waals surface area contributed by atoms with Gasteiger partial charge in [-0.15, -0.1) is 0 Å². The summed E-state index contributed by atoms with van der Waals surface area (Å²) < 4.78 is 50.2. The zero-order valence-corrected chi connectivity index (χ0v) is 23.1. The standard InChI is InChI=1S/C28H34N2O7S/c1-6-36-23-11-8-22(9-12-23)30(38(32,33)25-13-14-26(34-4)27(18-25)35-5)19-28(31)29-15-16-37-24-10-7-20(2)21(3)17-24/h7-14,17-18H,6,15-16,19H2,1-5H3,(H,29,31). The zero-order chi connectivity index (χ0) is 27.7. The fourth-order valence-corrected chi connectivity index (χ4v) is 5.08. The Morgan fingerprint density at radius 3 is 2.16 bits per heavy atom. The molecule has 0 bridgehead atoms. The van der Waals surface area contributed by atoms with Crippen LogP contribution >= 0.6 is 0 Å². The van der Waals surface area contributed by atoms with Crippen LogP contribution < -0.4 is 28.6 Å². The molecule has 0 unspecified atom stereocenters. The van der Waals surface area contributed by atoms with E-state index in [-0.39, 0.29) is 23.8 Å². The summed E-state index contributed by atoms with van der Waals surface area (Å²) in [6.07, 6.45) is 0. The minimum atomic E-state index is -4.15. The molecule has 0 radical (unpaired) electrons. The highest BCUT2D eigenvalue weighted by Gasteiger charge is 2.28. The molecule has 10 heteroatoms. The average Bonchev–Trinajstić information content (AvgIpc) is 2.92. The van der Waals surface area contributed by atoms with Crippen molar-refractivity contribution in [2.45, 2.75) is 25.7 Å². The van der Waals surface area contributed by atoms with Gasteiger partial charge in [0.1, 0.15) is 24.7 Å². The molecule has 0 saturated heterocycles. The van der Waals surface area contributed by atoms with Crippen molar-refractivity contribution >= 4 is 21.6 Å². The zero-order valence-electron chi connectivity index (χ0n) is 22.3. The van der Waals surface area contributed by atoms with Crippen LogP contribution in [0.1, 0.15) is 18.1 Å². The molecule has 38 heavy (non-hydrogen) atoms. The van der Waals surface area contributed by atoms with Crippen molar-refractivity contribution in [2.24, 2.45) is 0 Å². The quantitative estimate of drug-likeness (QED) is 0.324. The lowest BCUT2D eigenvalue weighted by molar-refractivity contribution is -0.119. The number of methoxy groups -OCH3 is 2. The topological polar surface area (TPSA) is 103 Å². The van der Waals surface area contributed by atoms with E-state index in [2.05, 4.69) is 5.32 Å². The van der Waals surface area contributed by atoms with Crippen LogP contribution in [0.25, 0.3) is 0 Å². The number of hydrogen-bond donors (Lipinski definition) is 1. The fraction of sp³-hybridized carbons (Fsp3) is 0.321. The highest BCUT2D eigenvalue weighted by Crippen LogP contribution is 2.32. The van der Waals surface area contributed by atoms with E-state index in [1.165, 1.54) is 32.4 Å². The summed E-state index contributed by atoms with van der Waals surface area (Å²) >= 11 is 0. The third-order valence-electron chi connectivity index (χ3n) is 5.84. The number of nitrogens with zero attached hydrogens (tertiary/aromatic N) is 1. The normalized spacial score (nSPS) is 11.0. The highest BCUT2D eigenvalue weighted by atomic mass is 32.2. The third kappa shape index (κ3) is 7.10. The first-order valence-corrected chi connectivity index (χ1v) is 13.6. The van der Waals surface area contributed by atoms with E-state index in [1.807, 2.05) is 39.0 Å². The Labute approximate surface area is 224 Å². The fourth-order valence-electron chi connectivity index (χ4n) is 3.64. The summed E-state index contributed by atoms with van der Waals surface area (Å²) in [6.45, 7) is 6.35. The van der Waals surface area contributed by atoms with Crippen molar-refractivity contribution in [3.8, 4) is 23.0 Å². The number of benzene rings is 3.